The van der Waals surface area contributed by atoms with E-state index in [1.165, 1.54) is 166 Å². The van der Waals surface area contributed by atoms with Crippen LogP contribution in [0, 0.1) is 0 Å². The summed E-state index contributed by atoms with van der Waals surface area (Å²) in [6, 6.07) is 0. The molecule has 1 heteroatoms. The highest BCUT2D eigenvalue weighted by Crippen LogP contribution is 2.15. The maximum absolute atomic E-state index is 2.30. The molecule has 0 aliphatic heterocycles. The van der Waals surface area contributed by atoms with E-state index < -0.39 is 0 Å². The fourth-order valence-corrected chi connectivity index (χ4v) is 5.21. The quantitative estimate of drug-likeness (QED) is 0.124. The Morgan fingerprint density at radius 1 is 0.276 bits per heavy atom. The molecular formula is C28H58S. The van der Waals surface area contributed by atoms with Crippen LogP contribution < -0.4 is 0 Å². The summed E-state index contributed by atoms with van der Waals surface area (Å²) < 4.78 is 0. The van der Waals surface area contributed by atoms with Crippen LogP contribution in [-0.4, -0.2) is 11.5 Å². The predicted molar refractivity (Wildman–Crippen MR) is 139 cm³/mol. The zero-order valence-corrected chi connectivity index (χ0v) is 21.6. The van der Waals surface area contributed by atoms with E-state index in [1.54, 1.807) is 0 Å². The van der Waals surface area contributed by atoms with Gasteiger partial charge in [-0.05, 0) is 24.3 Å². The number of hydrogen-bond donors (Lipinski definition) is 0. The van der Waals surface area contributed by atoms with Gasteiger partial charge in [-0.1, -0.05) is 155 Å². The van der Waals surface area contributed by atoms with Crippen molar-refractivity contribution in [3.8, 4) is 0 Å². The average molecular weight is 427 g/mol. The van der Waals surface area contributed by atoms with E-state index in [9.17, 15) is 0 Å². The molecule has 0 atom stereocenters. The van der Waals surface area contributed by atoms with Gasteiger partial charge in [-0.25, -0.2) is 0 Å². The smallest absolute Gasteiger partial charge is 0.00675 e. The summed E-state index contributed by atoms with van der Waals surface area (Å²) in [5.74, 6) is 2.82. The van der Waals surface area contributed by atoms with E-state index in [2.05, 4.69) is 25.6 Å². The van der Waals surface area contributed by atoms with Gasteiger partial charge in [-0.2, -0.15) is 11.8 Å². The molecule has 0 saturated carbocycles. The molecule has 0 radical (unpaired) electrons. The second-order valence-corrected chi connectivity index (χ2v) is 10.6. The van der Waals surface area contributed by atoms with Crippen molar-refractivity contribution in [1.29, 1.82) is 0 Å². The third-order valence-electron chi connectivity index (χ3n) is 6.28. The van der Waals surface area contributed by atoms with Gasteiger partial charge in [0, 0.05) is 0 Å². The van der Waals surface area contributed by atoms with Crippen LogP contribution in [-0.2, 0) is 0 Å². The third kappa shape index (κ3) is 28.4. The molecule has 176 valence electrons. The van der Waals surface area contributed by atoms with Gasteiger partial charge in [-0.15, -0.1) is 0 Å². The van der Waals surface area contributed by atoms with Gasteiger partial charge in [0.2, 0.25) is 0 Å². The number of hydrogen-bond acceptors (Lipinski definition) is 1. The Balaban J connectivity index is 2.97. The highest BCUT2D eigenvalue weighted by Gasteiger charge is 1.96. The number of rotatable bonds is 26. The van der Waals surface area contributed by atoms with Crippen molar-refractivity contribution in [1.82, 2.24) is 0 Å². The molecule has 0 aromatic heterocycles. The first kappa shape index (κ1) is 29.4. The molecule has 29 heavy (non-hydrogen) atoms. The van der Waals surface area contributed by atoms with E-state index in [4.69, 9.17) is 0 Å². The zero-order valence-electron chi connectivity index (χ0n) is 20.8. The van der Waals surface area contributed by atoms with Crippen molar-refractivity contribution < 1.29 is 0 Å². The van der Waals surface area contributed by atoms with Gasteiger partial charge in [0.25, 0.3) is 0 Å². The molecule has 0 heterocycles. The van der Waals surface area contributed by atoms with Crippen LogP contribution in [0.25, 0.3) is 0 Å². The zero-order chi connectivity index (χ0) is 21.1. The Bertz CT molecular complexity index is 237. The van der Waals surface area contributed by atoms with Crippen LogP contribution in [0.1, 0.15) is 168 Å². The van der Waals surface area contributed by atoms with Gasteiger partial charge >= 0.3 is 0 Å². The topological polar surface area (TPSA) is 0 Å². The van der Waals surface area contributed by atoms with Crippen molar-refractivity contribution in [2.45, 2.75) is 168 Å². The first-order chi connectivity index (χ1) is 14.4. The lowest BCUT2D eigenvalue weighted by molar-refractivity contribution is 0.538. The molecule has 0 aromatic rings. The van der Waals surface area contributed by atoms with Gasteiger partial charge in [0.15, 0.2) is 0 Å². The van der Waals surface area contributed by atoms with Crippen molar-refractivity contribution in [2.75, 3.05) is 11.5 Å². The highest BCUT2D eigenvalue weighted by atomic mass is 32.2. The SMILES string of the molecule is CCCCCCCCCCCCCCCCSCCCCCCCCCCCC. The van der Waals surface area contributed by atoms with E-state index in [-0.39, 0.29) is 0 Å². The minimum absolute atomic E-state index is 1.37. The second-order valence-electron chi connectivity index (χ2n) is 9.39. The Morgan fingerprint density at radius 2 is 0.483 bits per heavy atom. The van der Waals surface area contributed by atoms with Crippen LogP contribution in [0.15, 0.2) is 0 Å². The fraction of sp³-hybridized carbons (Fsp3) is 1.00. The maximum Gasteiger partial charge on any atom is -0.00675 e. The van der Waals surface area contributed by atoms with Gasteiger partial charge in [-0.3, -0.25) is 0 Å². The minimum Gasteiger partial charge on any atom is -0.162 e. The first-order valence-corrected chi connectivity index (χ1v) is 15.1. The first-order valence-electron chi connectivity index (χ1n) is 14.0. The molecule has 0 bridgehead atoms. The molecule has 0 aliphatic carbocycles. The van der Waals surface area contributed by atoms with Crippen LogP contribution in [0.2, 0.25) is 0 Å². The van der Waals surface area contributed by atoms with E-state index in [0.29, 0.717) is 0 Å². The molecule has 0 saturated heterocycles. The summed E-state index contributed by atoms with van der Waals surface area (Å²) in [6.07, 6.45) is 35.2. The Labute approximate surface area is 191 Å². The molecule has 0 fully saturated rings. The fourth-order valence-electron chi connectivity index (χ4n) is 4.19. The van der Waals surface area contributed by atoms with Crippen LogP contribution >= 0.6 is 11.8 Å². The minimum atomic E-state index is 1.37. The normalized spacial score (nSPS) is 11.4. The number of unbranched alkanes of at least 4 members (excludes halogenated alkanes) is 22. The van der Waals surface area contributed by atoms with Gasteiger partial charge < -0.3 is 0 Å². The summed E-state index contributed by atoms with van der Waals surface area (Å²) in [4.78, 5) is 0. The average Bonchev–Trinajstić information content (AvgIpc) is 2.74. The second kappa shape index (κ2) is 28.4. The van der Waals surface area contributed by atoms with Gasteiger partial charge in [0.05, 0.1) is 0 Å². The monoisotopic (exact) mass is 426 g/mol. The number of thioether (sulfide) groups is 1. The molecule has 0 nitrogen and oxygen atoms in total. The van der Waals surface area contributed by atoms with Crippen molar-refractivity contribution in [3.05, 3.63) is 0 Å². The van der Waals surface area contributed by atoms with Crippen molar-refractivity contribution in [2.24, 2.45) is 0 Å². The Morgan fingerprint density at radius 3 is 0.724 bits per heavy atom. The summed E-state index contributed by atoms with van der Waals surface area (Å²) in [7, 11) is 0. The maximum atomic E-state index is 2.30. The molecule has 0 amide bonds. The molecule has 0 rings (SSSR count). The van der Waals surface area contributed by atoms with Crippen LogP contribution in [0.3, 0.4) is 0 Å². The molecule has 0 N–H and O–H groups in total. The molecule has 0 spiro atoms. The van der Waals surface area contributed by atoms with E-state index >= 15 is 0 Å². The summed E-state index contributed by atoms with van der Waals surface area (Å²) >= 11 is 2.21. The van der Waals surface area contributed by atoms with Crippen molar-refractivity contribution in [3.63, 3.8) is 0 Å². The third-order valence-corrected chi connectivity index (χ3v) is 7.44. The standard InChI is InChI=1S/C28H58S/c1-3-5-7-9-11-13-15-16-17-18-20-22-24-26-28-29-27-25-23-21-19-14-12-10-8-6-4-2/h3-28H2,1-2H3. The van der Waals surface area contributed by atoms with Crippen molar-refractivity contribution >= 4 is 11.8 Å². The Hall–Kier alpha value is 0.350. The summed E-state index contributed by atoms with van der Waals surface area (Å²) in [5, 5.41) is 0. The summed E-state index contributed by atoms with van der Waals surface area (Å²) in [5.41, 5.74) is 0. The largest absolute Gasteiger partial charge is 0.162 e. The van der Waals surface area contributed by atoms with E-state index in [1.807, 2.05) is 0 Å². The van der Waals surface area contributed by atoms with E-state index in [0.717, 1.165) is 0 Å². The van der Waals surface area contributed by atoms with Crippen LogP contribution in [0.5, 0.6) is 0 Å². The molecule has 0 unspecified atom stereocenters. The predicted octanol–water partition coefficient (Wildman–Crippen LogP) is 11.1. The highest BCUT2D eigenvalue weighted by molar-refractivity contribution is 7.99. The molecule has 0 aliphatic rings. The lowest BCUT2D eigenvalue weighted by atomic mass is 10.0. The van der Waals surface area contributed by atoms with Gasteiger partial charge in [0.1, 0.15) is 0 Å². The Kier molecular flexibility index (Phi) is 28.7. The molecular weight excluding hydrogens is 368 g/mol. The summed E-state index contributed by atoms with van der Waals surface area (Å²) in [6.45, 7) is 4.61. The van der Waals surface area contributed by atoms with Crippen LogP contribution in [0.4, 0.5) is 0 Å². The molecule has 0 aromatic carbocycles. The lowest BCUT2D eigenvalue weighted by Crippen LogP contribution is -1.87. The lowest BCUT2D eigenvalue weighted by Gasteiger charge is -2.04.